The first-order valence-electron chi connectivity index (χ1n) is 7.85. The quantitative estimate of drug-likeness (QED) is 0.904. The van der Waals surface area contributed by atoms with E-state index in [1.54, 1.807) is 0 Å². The van der Waals surface area contributed by atoms with Gasteiger partial charge in [0.05, 0.1) is 11.1 Å². The average Bonchev–Trinajstić information content (AvgIpc) is 2.83. The van der Waals surface area contributed by atoms with Crippen molar-refractivity contribution in [1.29, 1.82) is 0 Å². The third-order valence-corrected chi connectivity index (χ3v) is 4.30. The largest absolute Gasteiger partial charge is 0.367 e. The Bertz CT molecular complexity index is 596. The smallest absolute Gasteiger partial charge is 0.183 e. The molecule has 0 unspecified atom stereocenters. The Labute approximate surface area is 120 Å². The lowest BCUT2D eigenvalue weighted by atomic mass is 9.99. The van der Waals surface area contributed by atoms with Gasteiger partial charge in [-0.2, -0.15) is 5.10 Å². The third-order valence-electron chi connectivity index (χ3n) is 4.30. The van der Waals surface area contributed by atoms with E-state index < -0.39 is 0 Å². The molecule has 1 N–H and O–H groups in total. The fourth-order valence-electron chi connectivity index (χ4n) is 3.45. The van der Waals surface area contributed by atoms with Gasteiger partial charge in [0.25, 0.3) is 0 Å². The van der Waals surface area contributed by atoms with Crippen molar-refractivity contribution in [2.45, 2.75) is 58.9 Å². The van der Waals surface area contributed by atoms with Gasteiger partial charge in [0.1, 0.15) is 0 Å². The molecule has 3 rings (SSSR count). The van der Waals surface area contributed by atoms with Crippen molar-refractivity contribution in [1.82, 2.24) is 15.2 Å². The van der Waals surface area contributed by atoms with Crippen molar-refractivity contribution >= 4 is 16.7 Å². The first-order chi connectivity index (χ1) is 9.74. The Hall–Kier alpha value is -1.58. The number of pyridine rings is 1. The van der Waals surface area contributed by atoms with Crippen LogP contribution in [0.3, 0.4) is 0 Å². The van der Waals surface area contributed by atoms with Gasteiger partial charge in [-0.15, -0.1) is 0 Å². The molecular weight excluding hydrogens is 248 g/mol. The predicted molar refractivity (Wildman–Crippen MR) is 83.3 cm³/mol. The van der Waals surface area contributed by atoms with Gasteiger partial charge in [-0.1, -0.05) is 26.7 Å². The van der Waals surface area contributed by atoms with Crippen LogP contribution in [-0.4, -0.2) is 27.8 Å². The highest BCUT2D eigenvalue weighted by molar-refractivity contribution is 5.93. The zero-order valence-corrected chi connectivity index (χ0v) is 12.7. The van der Waals surface area contributed by atoms with E-state index in [0.29, 0.717) is 6.04 Å². The molecule has 3 heterocycles. The molecule has 20 heavy (non-hydrogen) atoms. The molecule has 2 aromatic rings. The fraction of sp³-hybridized carbons (Fsp3) is 0.625. The van der Waals surface area contributed by atoms with E-state index in [0.717, 1.165) is 24.3 Å². The zero-order valence-electron chi connectivity index (χ0n) is 12.7. The number of anilines is 1. The number of H-pyrrole nitrogens is 1. The van der Waals surface area contributed by atoms with Gasteiger partial charge >= 0.3 is 0 Å². The summed E-state index contributed by atoms with van der Waals surface area (Å²) in [5, 5.41) is 8.79. The molecule has 0 fully saturated rings. The van der Waals surface area contributed by atoms with E-state index in [1.165, 1.54) is 42.5 Å². The minimum absolute atomic E-state index is 0.651. The lowest BCUT2D eigenvalue weighted by Gasteiger charge is -2.36. The van der Waals surface area contributed by atoms with Crippen LogP contribution >= 0.6 is 0 Å². The van der Waals surface area contributed by atoms with Gasteiger partial charge < -0.3 is 4.90 Å². The third kappa shape index (κ3) is 2.17. The van der Waals surface area contributed by atoms with Crippen molar-refractivity contribution < 1.29 is 0 Å². The summed E-state index contributed by atoms with van der Waals surface area (Å²) in [6.07, 6.45) is 6.07. The van der Waals surface area contributed by atoms with Crippen molar-refractivity contribution in [2.24, 2.45) is 0 Å². The van der Waals surface area contributed by atoms with E-state index in [9.17, 15) is 0 Å². The molecule has 0 spiro atoms. The minimum atomic E-state index is 0.651. The number of rotatable bonds is 5. The number of hydrogen-bond acceptors (Lipinski definition) is 3. The molecule has 4 heteroatoms. The molecule has 0 amide bonds. The molecule has 0 saturated carbocycles. The first-order valence-corrected chi connectivity index (χ1v) is 7.85. The van der Waals surface area contributed by atoms with Crippen LogP contribution < -0.4 is 4.90 Å². The molecule has 1 aliphatic heterocycles. The van der Waals surface area contributed by atoms with Gasteiger partial charge in [0.15, 0.2) is 5.65 Å². The summed E-state index contributed by atoms with van der Waals surface area (Å²) in [5.74, 6) is 0. The Morgan fingerprint density at radius 2 is 2.05 bits per heavy atom. The van der Waals surface area contributed by atoms with Crippen molar-refractivity contribution in [3.8, 4) is 0 Å². The van der Waals surface area contributed by atoms with E-state index in [1.807, 2.05) is 0 Å². The Morgan fingerprint density at radius 1 is 1.30 bits per heavy atom. The summed E-state index contributed by atoms with van der Waals surface area (Å²) in [5.41, 5.74) is 4.54. The average molecular weight is 272 g/mol. The second kappa shape index (κ2) is 5.43. The highest BCUT2D eigenvalue weighted by Crippen LogP contribution is 2.35. The summed E-state index contributed by atoms with van der Waals surface area (Å²) >= 11 is 0. The topological polar surface area (TPSA) is 44.8 Å². The standard InChI is InChI=1S/C16H24N4/c1-4-6-12(7-5-2)20-9-8-13-15-14(20)10-11(3)17-16(15)19-18-13/h10,12H,4-9H2,1-3H3,(H,17,18,19). The molecule has 0 aliphatic carbocycles. The van der Waals surface area contributed by atoms with Gasteiger partial charge in [-0.25, -0.2) is 4.98 Å². The van der Waals surface area contributed by atoms with Crippen LogP contribution in [0.1, 0.15) is 50.9 Å². The number of aromatic nitrogens is 3. The fourth-order valence-corrected chi connectivity index (χ4v) is 3.45. The maximum absolute atomic E-state index is 4.56. The van der Waals surface area contributed by atoms with Gasteiger partial charge in [0.2, 0.25) is 0 Å². The van der Waals surface area contributed by atoms with E-state index >= 15 is 0 Å². The number of aromatic amines is 1. The molecule has 0 saturated heterocycles. The molecule has 0 atom stereocenters. The second-order valence-corrected chi connectivity index (χ2v) is 5.86. The summed E-state index contributed by atoms with van der Waals surface area (Å²) in [4.78, 5) is 7.16. The first kappa shape index (κ1) is 13.4. The maximum Gasteiger partial charge on any atom is 0.183 e. The SMILES string of the molecule is CCCC(CCC)N1CCc2[nH]nc3nc(C)cc1c23. The van der Waals surface area contributed by atoms with Crippen LogP contribution in [0.4, 0.5) is 5.69 Å². The molecule has 4 nitrogen and oxygen atoms in total. The maximum atomic E-state index is 4.56. The number of aryl methyl sites for hydroxylation is 1. The van der Waals surface area contributed by atoms with Gasteiger partial charge in [-0.05, 0) is 25.8 Å². The second-order valence-electron chi connectivity index (χ2n) is 5.86. The Morgan fingerprint density at radius 3 is 2.75 bits per heavy atom. The van der Waals surface area contributed by atoms with Gasteiger partial charge in [-0.3, -0.25) is 5.10 Å². The molecule has 2 aromatic heterocycles. The highest BCUT2D eigenvalue weighted by Gasteiger charge is 2.26. The Kier molecular flexibility index (Phi) is 3.64. The number of nitrogens with one attached hydrogen (secondary N) is 1. The van der Waals surface area contributed by atoms with Crippen molar-refractivity contribution in [3.63, 3.8) is 0 Å². The van der Waals surface area contributed by atoms with Crippen LogP contribution in [0, 0.1) is 6.92 Å². The molecule has 0 bridgehead atoms. The molecule has 0 aromatic carbocycles. The number of nitrogens with zero attached hydrogens (tertiary/aromatic N) is 3. The predicted octanol–water partition coefficient (Wildman–Crippen LogP) is 3.60. The highest BCUT2D eigenvalue weighted by atomic mass is 15.2. The van der Waals surface area contributed by atoms with Crippen molar-refractivity contribution in [2.75, 3.05) is 11.4 Å². The monoisotopic (exact) mass is 272 g/mol. The van der Waals surface area contributed by atoms with Crippen LogP contribution in [-0.2, 0) is 6.42 Å². The summed E-state index contributed by atoms with van der Waals surface area (Å²) in [6.45, 7) is 7.72. The van der Waals surface area contributed by atoms with Crippen LogP contribution in [0.2, 0.25) is 0 Å². The van der Waals surface area contributed by atoms with Crippen molar-refractivity contribution in [3.05, 3.63) is 17.5 Å². The van der Waals surface area contributed by atoms with E-state index in [-0.39, 0.29) is 0 Å². The van der Waals surface area contributed by atoms with Crippen LogP contribution in [0.25, 0.3) is 11.0 Å². The minimum Gasteiger partial charge on any atom is -0.367 e. The van der Waals surface area contributed by atoms with Crippen LogP contribution in [0.5, 0.6) is 0 Å². The lowest BCUT2D eigenvalue weighted by molar-refractivity contribution is 0.501. The molecule has 1 aliphatic rings. The van der Waals surface area contributed by atoms with E-state index in [2.05, 4.69) is 46.9 Å². The Balaban J connectivity index is 2.06. The normalized spacial score (nSPS) is 14.5. The number of hydrogen-bond donors (Lipinski definition) is 1. The lowest BCUT2D eigenvalue weighted by Crippen LogP contribution is -2.39. The summed E-state index contributed by atoms with van der Waals surface area (Å²) in [6, 6.07) is 2.89. The molecule has 0 radical (unpaired) electrons. The van der Waals surface area contributed by atoms with E-state index in [4.69, 9.17) is 0 Å². The van der Waals surface area contributed by atoms with Crippen LogP contribution in [0.15, 0.2) is 6.07 Å². The zero-order chi connectivity index (χ0) is 14.1. The van der Waals surface area contributed by atoms with Gasteiger partial charge in [0, 0.05) is 30.4 Å². The summed E-state index contributed by atoms with van der Waals surface area (Å²) < 4.78 is 0. The molecule has 108 valence electrons. The summed E-state index contributed by atoms with van der Waals surface area (Å²) in [7, 11) is 0. The molecular formula is C16H24N4.